The van der Waals surface area contributed by atoms with Crippen molar-refractivity contribution in [1.82, 2.24) is 0 Å². The van der Waals surface area contributed by atoms with Crippen LogP contribution in [0.4, 0.5) is 17.1 Å². The van der Waals surface area contributed by atoms with Crippen LogP contribution in [0.5, 0.6) is 0 Å². The number of hydrogen-bond donors (Lipinski definition) is 0. The molecule has 0 aliphatic heterocycles. The highest BCUT2D eigenvalue weighted by Gasteiger charge is 2.40. The van der Waals surface area contributed by atoms with Gasteiger partial charge in [-0.3, -0.25) is 0 Å². The van der Waals surface area contributed by atoms with Gasteiger partial charge in [-0.05, 0) is 136 Å². The zero-order valence-corrected chi connectivity index (χ0v) is 35.2. The molecule has 0 spiro atoms. The molecule has 0 saturated heterocycles. The Morgan fingerprint density at radius 2 is 0.783 bits per heavy atom. The van der Waals surface area contributed by atoms with Gasteiger partial charge in [0.15, 0.2) is 0 Å². The van der Waals surface area contributed by atoms with Crippen molar-refractivity contribution >= 4 is 38.6 Å². The van der Waals surface area contributed by atoms with Gasteiger partial charge >= 0.3 is 0 Å². The fraction of sp³-hybridized carbons (Fsp3) is 0.153. The van der Waals surface area contributed by atoms with Crippen molar-refractivity contribution < 1.29 is 0 Å². The van der Waals surface area contributed by atoms with E-state index in [9.17, 15) is 0 Å². The second-order valence-electron chi connectivity index (χ2n) is 18.9. The number of nitrogens with zero attached hydrogens (tertiary/aromatic N) is 1. The number of fused-ring (bicyclic) bond motifs is 9. The average Bonchev–Trinajstić information content (AvgIpc) is 3.64. The lowest BCUT2D eigenvalue weighted by Gasteiger charge is -2.38. The van der Waals surface area contributed by atoms with Crippen molar-refractivity contribution in [3.8, 4) is 44.5 Å². The molecule has 3 aliphatic carbocycles. The summed E-state index contributed by atoms with van der Waals surface area (Å²) in [5.41, 5.74) is 21.8. The van der Waals surface area contributed by atoms with E-state index in [0.717, 1.165) is 0 Å². The van der Waals surface area contributed by atoms with Gasteiger partial charge in [-0.15, -0.1) is 0 Å². The van der Waals surface area contributed by atoms with E-state index in [2.05, 4.69) is 222 Å². The summed E-state index contributed by atoms with van der Waals surface area (Å²) in [5, 5.41) is 5.15. The van der Waals surface area contributed by atoms with Crippen LogP contribution in [0.3, 0.4) is 0 Å². The van der Waals surface area contributed by atoms with Crippen LogP contribution in [0.25, 0.3) is 66.1 Å². The topological polar surface area (TPSA) is 3.24 Å². The lowest BCUT2D eigenvalue weighted by atomic mass is 9.67. The minimum atomic E-state index is -0.217. The van der Waals surface area contributed by atoms with Crippen molar-refractivity contribution in [2.45, 2.75) is 57.8 Å². The summed E-state index contributed by atoms with van der Waals surface area (Å²) in [6, 6.07) is 66.9. The highest BCUT2D eigenvalue weighted by Crippen LogP contribution is 2.57. The van der Waals surface area contributed by atoms with E-state index in [4.69, 9.17) is 0 Å². The quantitative estimate of drug-likeness (QED) is 0.172. The van der Waals surface area contributed by atoms with Crippen LogP contribution < -0.4 is 4.90 Å². The van der Waals surface area contributed by atoms with E-state index in [1.807, 2.05) is 0 Å². The van der Waals surface area contributed by atoms with Gasteiger partial charge in [0.1, 0.15) is 0 Å². The molecule has 0 saturated carbocycles. The third-order valence-corrected chi connectivity index (χ3v) is 14.6. The Bertz CT molecular complexity index is 3190. The van der Waals surface area contributed by atoms with Gasteiger partial charge < -0.3 is 4.90 Å². The standard InChI is InChI=1S/C59H47N/c1-57(2)48-19-11-9-17-43(48)45-29-26-41(34-52(45)57)60(42-27-30-46-44-18-10-12-20-49(44)58(3,4)53(46)35-42)54-31-25-37-16-13-21-50-55(37)56(54)47-28-24-40(33-51(47)59(50,5)6)39-23-22-36-14-7-8-15-38(36)32-39/h7-35H,1-6H3. The van der Waals surface area contributed by atoms with Gasteiger partial charge in [-0.2, -0.15) is 0 Å². The smallest absolute Gasteiger partial charge is 0.0546 e. The minimum absolute atomic E-state index is 0.129. The maximum absolute atomic E-state index is 2.57. The first-order valence-corrected chi connectivity index (χ1v) is 21.5. The number of hydrogen-bond acceptors (Lipinski definition) is 1. The normalized spacial score (nSPS) is 15.6. The third-order valence-electron chi connectivity index (χ3n) is 14.6. The molecule has 0 unspecified atom stereocenters. The molecule has 9 aromatic carbocycles. The molecule has 60 heavy (non-hydrogen) atoms. The molecule has 0 amide bonds. The van der Waals surface area contributed by atoms with Gasteiger partial charge in [-0.25, -0.2) is 0 Å². The zero-order chi connectivity index (χ0) is 40.7. The van der Waals surface area contributed by atoms with Crippen LogP contribution in [0, 0.1) is 0 Å². The van der Waals surface area contributed by atoms with Crippen LogP contribution in [0.2, 0.25) is 0 Å². The summed E-state index contributed by atoms with van der Waals surface area (Å²) in [4.78, 5) is 2.57. The molecule has 0 atom stereocenters. The predicted octanol–water partition coefficient (Wildman–Crippen LogP) is 16.0. The minimum Gasteiger partial charge on any atom is -0.310 e. The number of anilines is 3. The largest absolute Gasteiger partial charge is 0.310 e. The summed E-state index contributed by atoms with van der Waals surface area (Å²) in [5.74, 6) is 0. The maximum atomic E-state index is 2.57. The molecule has 1 heteroatoms. The highest BCUT2D eigenvalue weighted by atomic mass is 15.1. The number of benzene rings is 9. The molecule has 0 heterocycles. The Hall–Kier alpha value is -6.70. The van der Waals surface area contributed by atoms with Crippen molar-refractivity contribution in [3.05, 3.63) is 209 Å². The van der Waals surface area contributed by atoms with Crippen LogP contribution in [0.1, 0.15) is 74.9 Å². The van der Waals surface area contributed by atoms with Gasteiger partial charge in [0.2, 0.25) is 0 Å². The lowest BCUT2D eigenvalue weighted by molar-refractivity contribution is 0.645. The molecule has 12 rings (SSSR count). The summed E-state index contributed by atoms with van der Waals surface area (Å²) < 4.78 is 0. The van der Waals surface area contributed by atoms with E-state index < -0.39 is 0 Å². The fourth-order valence-electron chi connectivity index (χ4n) is 11.4. The monoisotopic (exact) mass is 769 g/mol. The van der Waals surface area contributed by atoms with Crippen LogP contribution in [-0.2, 0) is 16.2 Å². The van der Waals surface area contributed by atoms with Crippen molar-refractivity contribution in [2.24, 2.45) is 0 Å². The Balaban J connectivity index is 1.12. The van der Waals surface area contributed by atoms with Crippen LogP contribution in [-0.4, -0.2) is 0 Å². The van der Waals surface area contributed by atoms with Crippen molar-refractivity contribution in [3.63, 3.8) is 0 Å². The van der Waals surface area contributed by atoms with Crippen molar-refractivity contribution in [1.29, 1.82) is 0 Å². The second kappa shape index (κ2) is 12.2. The zero-order valence-electron chi connectivity index (χ0n) is 35.2. The summed E-state index contributed by atoms with van der Waals surface area (Å²) in [6.45, 7) is 14.4. The number of rotatable bonds is 4. The molecule has 0 aromatic heterocycles. The van der Waals surface area contributed by atoms with E-state index in [1.54, 1.807) is 0 Å². The lowest BCUT2D eigenvalue weighted by Crippen LogP contribution is -2.25. The molecule has 1 nitrogen and oxygen atoms in total. The van der Waals surface area contributed by atoms with Crippen molar-refractivity contribution in [2.75, 3.05) is 4.90 Å². The molecule has 288 valence electrons. The Labute approximate surface area is 353 Å². The van der Waals surface area contributed by atoms with Crippen LogP contribution in [0.15, 0.2) is 176 Å². The van der Waals surface area contributed by atoms with E-state index in [-0.39, 0.29) is 16.2 Å². The molecular formula is C59H47N. The first-order chi connectivity index (χ1) is 29.0. The van der Waals surface area contributed by atoms with Gasteiger partial charge in [-0.1, -0.05) is 175 Å². The first-order valence-electron chi connectivity index (χ1n) is 21.5. The molecule has 0 fully saturated rings. The van der Waals surface area contributed by atoms with Gasteiger partial charge in [0.25, 0.3) is 0 Å². The summed E-state index contributed by atoms with van der Waals surface area (Å²) >= 11 is 0. The van der Waals surface area contributed by atoms with E-state index in [1.165, 1.54) is 116 Å². The van der Waals surface area contributed by atoms with Crippen LogP contribution >= 0.6 is 0 Å². The first kappa shape index (κ1) is 35.3. The maximum Gasteiger partial charge on any atom is 0.0546 e. The summed E-state index contributed by atoms with van der Waals surface area (Å²) in [7, 11) is 0. The van der Waals surface area contributed by atoms with E-state index >= 15 is 0 Å². The molecule has 0 N–H and O–H groups in total. The summed E-state index contributed by atoms with van der Waals surface area (Å²) in [6.07, 6.45) is 0. The molecule has 9 aromatic rings. The molecule has 0 bridgehead atoms. The van der Waals surface area contributed by atoms with Gasteiger partial charge in [0.05, 0.1) is 5.69 Å². The SMILES string of the molecule is CC1(C)c2ccccc2-c2ccc(N(c3ccc4c(c3)C(C)(C)c3ccccc3-4)c3ccc4cccc5c4c3-c3ccc(-c4ccc6ccccc6c4)cc3C5(C)C)cc21. The highest BCUT2D eigenvalue weighted by molar-refractivity contribution is 6.10. The van der Waals surface area contributed by atoms with Gasteiger partial charge in [0, 0.05) is 33.2 Å². The van der Waals surface area contributed by atoms with E-state index in [0.29, 0.717) is 0 Å². The third kappa shape index (κ3) is 4.75. The second-order valence-corrected chi connectivity index (χ2v) is 18.9. The Morgan fingerprint density at radius 3 is 1.45 bits per heavy atom. The Morgan fingerprint density at radius 1 is 0.317 bits per heavy atom. The molecule has 3 aliphatic rings. The fourth-order valence-corrected chi connectivity index (χ4v) is 11.4. The molecular weight excluding hydrogens is 723 g/mol. The average molecular weight is 770 g/mol. The Kier molecular flexibility index (Phi) is 7.16. The predicted molar refractivity (Wildman–Crippen MR) is 254 cm³/mol. The molecule has 0 radical (unpaired) electrons.